The number of hydrogen-bond acceptors (Lipinski definition) is 5. The lowest BCUT2D eigenvalue weighted by atomic mass is 10.4. The second-order valence-electron chi connectivity index (χ2n) is 3.88. The van der Waals surface area contributed by atoms with Crippen molar-refractivity contribution < 1.29 is 0 Å². The first kappa shape index (κ1) is 9.41. The minimum Gasteiger partial charge on any atom is -0.308 e. The maximum atomic E-state index is 4.13. The molecule has 1 aliphatic rings. The van der Waals surface area contributed by atoms with Crippen LogP contribution in [-0.2, 0) is 6.54 Å². The maximum Gasteiger partial charge on any atom is 0.177 e. The van der Waals surface area contributed by atoms with Crippen molar-refractivity contribution in [1.82, 2.24) is 30.3 Å². The first-order valence-electron chi connectivity index (χ1n) is 5.33. The van der Waals surface area contributed by atoms with E-state index >= 15 is 0 Å². The number of hydrogen-bond donors (Lipinski definition) is 1. The molecule has 0 saturated heterocycles. The highest BCUT2D eigenvalue weighted by Crippen LogP contribution is 2.18. The zero-order valence-corrected chi connectivity index (χ0v) is 8.74. The van der Waals surface area contributed by atoms with Crippen LogP contribution in [0.5, 0.6) is 0 Å². The average Bonchev–Trinajstić information content (AvgIpc) is 3.00. The van der Waals surface area contributed by atoms with Crippen molar-refractivity contribution in [3.05, 3.63) is 30.5 Å². The van der Waals surface area contributed by atoms with Crippen LogP contribution in [0.2, 0.25) is 0 Å². The summed E-state index contributed by atoms with van der Waals surface area (Å²) in [4.78, 5) is 3.86. The molecule has 0 unspecified atom stereocenters. The molecule has 0 spiro atoms. The molecule has 1 N–H and O–H groups in total. The smallest absolute Gasteiger partial charge is 0.177 e. The van der Waals surface area contributed by atoms with Crippen LogP contribution in [0.25, 0.3) is 5.82 Å². The van der Waals surface area contributed by atoms with Gasteiger partial charge >= 0.3 is 0 Å². The van der Waals surface area contributed by atoms with Crippen LogP contribution < -0.4 is 5.32 Å². The van der Waals surface area contributed by atoms with Crippen LogP contribution in [0.1, 0.15) is 18.5 Å². The molecule has 3 rings (SSSR count). The SMILES string of the molecule is c1ncn(-c2ccc(CNC3CC3)nn2)n1. The van der Waals surface area contributed by atoms with Gasteiger partial charge in [-0.2, -0.15) is 10.2 Å². The first-order valence-corrected chi connectivity index (χ1v) is 5.33. The lowest BCUT2D eigenvalue weighted by molar-refractivity contribution is 0.661. The van der Waals surface area contributed by atoms with Gasteiger partial charge in [-0.15, -0.1) is 5.10 Å². The van der Waals surface area contributed by atoms with Gasteiger partial charge in [-0.3, -0.25) is 0 Å². The van der Waals surface area contributed by atoms with Crippen molar-refractivity contribution in [2.24, 2.45) is 0 Å². The molecule has 16 heavy (non-hydrogen) atoms. The molecule has 2 aromatic rings. The summed E-state index contributed by atoms with van der Waals surface area (Å²) >= 11 is 0. The first-order chi connectivity index (χ1) is 7.92. The Balaban J connectivity index is 1.69. The topological polar surface area (TPSA) is 68.5 Å². The van der Waals surface area contributed by atoms with E-state index in [0.717, 1.165) is 12.2 Å². The molecule has 0 aromatic carbocycles. The van der Waals surface area contributed by atoms with Gasteiger partial charge in [0.05, 0.1) is 5.69 Å². The highest BCUT2D eigenvalue weighted by molar-refractivity contribution is 5.19. The van der Waals surface area contributed by atoms with Crippen LogP contribution in [-0.4, -0.2) is 31.0 Å². The Morgan fingerprint density at radius 3 is 2.88 bits per heavy atom. The van der Waals surface area contributed by atoms with E-state index in [-0.39, 0.29) is 0 Å². The molecule has 2 heterocycles. The van der Waals surface area contributed by atoms with Gasteiger partial charge in [-0.1, -0.05) is 0 Å². The minimum absolute atomic E-state index is 0.688. The van der Waals surface area contributed by atoms with E-state index in [1.165, 1.54) is 19.2 Å². The Morgan fingerprint density at radius 2 is 2.25 bits per heavy atom. The van der Waals surface area contributed by atoms with Gasteiger partial charge in [0.15, 0.2) is 5.82 Å². The number of nitrogens with zero attached hydrogens (tertiary/aromatic N) is 5. The minimum atomic E-state index is 0.688. The molecular weight excluding hydrogens is 204 g/mol. The highest BCUT2D eigenvalue weighted by atomic mass is 15.4. The van der Waals surface area contributed by atoms with Crippen LogP contribution in [0.15, 0.2) is 24.8 Å². The zero-order chi connectivity index (χ0) is 10.8. The summed E-state index contributed by atoms with van der Waals surface area (Å²) in [6.07, 6.45) is 5.64. The Hall–Kier alpha value is -1.82. The lowest BCUT2D eigenvalue weighted by Crippen LogP contribution is -2.16. The van der Waals surface area contributed by atoms with Gasteiger partial charge in [0, 0.05) is 12.6 Å². The predicted molar refractivity (Wildman–Crippen MR) is 56.8 cm³/mol. The van der Waals surface area contributed by atoms with Crippen LogP contribution >= 0.6 is 0 Å². The van der Waals surface area contributed by atoms with E-state index in [1.807, 2.05) is 12.1 Å². The van der Waals surface area contributed by atoms with E-state index in [4.69, 9.17) is 0 Å². The third-order valence-electron chi connectivity index (χ3n) is 2.51. The highest BCUT2D eigenvalue weighted by Gasteiger charge is 2.20. The van der Waals surface area contributed by atoms with Crippen LogP contribution in [0.4, 0.5) is 0 Å². The quantitative estimate of drug-likeness (QED) is 0.796. The fourth-order valence-electron chi connectivity index (χ4n) is 1.43. The average molecular weight is 216 g/mol. The van der Waals surface area contributed by atoms with Crippen LogP contribution in [0.3, 0.4) is 0 Å². The summed E-state index contributed by atoms with van der Waals surface area (Å²) in [6.45, 7) is 0.787. The summed E-state index contributed by atoms with van der Waals surface area (Å²) < 4.78 is 1.59. The molecule has 0 aliphatic heterocycles. The zero-order valence-electron chi connectivity index (χ0n) is 8.74. The van der Waals surface area contributed by atoms with Crippen molar-refractivity contribution in [1.29, 1.82) is 0 Å². The molecule has 6 nitrogen and oxygen atoms in total. The normalized spacial score (nSPS) is 15.2. The summed E-state index contributed by atoms with van der Waals surface area (Å²) in [5.41, 5.74) is 0.954. The summed E-state index contributed by atoms with van der Waals surface area (Å²) in [5.74, 6) is 0.688. The van der Waals surface area contributed by atoms with Crippen molar-refractivity contribution in [3.8, 4) is 5.82 Å². The number of aromatic nitrogens is 5. The fourth-order valence-corrected chi connectivity index (χ4v) is 1.43. The number of nitrogens with one attached hydrogen (secondary N) is 1. The molecule has 1 saturated carbocycles. The molecule has 1 fully saturated rings. The summed E-state index contributed by atoms with van der Waals surface area (Å²) in [5, 5.41) is 15.6. The lowest BCUT2D eigenvalue weighted by Gasteiger charge is -2.02. The van der Waals surface area contributed by atoms with Crippen molar-refractivity contribution in [2.45, 2.75) is 25.4 Å². The van der Waals surface area contributed by atoms with E-state index in [2.05, 4.69) is 25.6 Å². The molecule has 0 atom stereocenters. The van der Waals surface area contributed by atoms with Gasteiger partial charge in [0.25, 0.3) is 0 Å². The standard InChI is InChI=1S/C10H12N6/c1-2-8(1)12-5-9-3-4-10(15-14-9)16-7-11-6-13-16/h3-4,6-8,12H,1-2,5H2. The van der Waals surface area contributed by atoms with Gasteiger partial charge < -0.3 is 5.32 Å². The van der Waals surface area contributed by atoms with E-state index in [0.29, 0.717) is 11.9 Å². The summed E-state index contributed by atoms with van der Waals surface area (Å²) in [7, 11) is 0. The van der Waals surface area contributed by atoms with Crippen molar-refractivity contribution in [2.75, 3.05) is 0 Å². The Morgan fingerprint density at radius 1 is 1.31 bits per heavy atom. The summed E-state index contributed by atoms with van der Waals surface area (Å²) in [6, 6.07) is 4.54. The molecule has 0 radical (unpaired) electrons. The predicted octanol–water partition coefficient (Wildman–Crippen LogP) is 0.309. The van der Waals surface area contributed by atoms with E-state index in [9.17, 15) is 0 Å². The molecule has 1 aliphatic carbocycles. The third-order valence-corrected chi connectivity index (χ3v) is 2.51. The Bertz CT molecular complexity index is 445. The molecule has 82 valence electrons. The molecule has 0 amide bonds. The van der Waals surface area contributed by atoms with Crippen LogP contribution in [0, 0.1) is 0 Å². The Labute approximate surface area is 92.7 Å². The van der Waals surface area contributed by atoms with E-state index < -0.39 is 0 Å². The second-order valence-corrected chi connectivity index (χ2v) is 3.88. The van der Waals surface area contributed by atoms with Crippen molar-refractivity contribution >= 4 is 0 Å². The third kappa shape index (κ3) is 2.06. The second kappa shape index (κ2) is 3.97. The molecule has 6 heteroatoms. The number of rotatable bonds is 4. The maximum absolute atomic E-state index is 4.13. The Kier molecular flexibility index (Phi) is 2.34. The monoisotopic (exact) mass is 216 g/mol. The fraction of sp³-hybridized carbons (Fsp3) is 0.400. The largest absolute Gasteiger partial charge is 0.308 e. The van der Waals surface area contributed by atoms with Gasteiger partial charge in [-0.05, 0) is 25.0 Å². The van der Waals surface area contributed by atoms with Gasteiger partial charge in [-0.25, -0.2) is 9.67 Å². The molecule has 2 aromatic heterocycles. The van der Waals surface area contributed by atoms with Gasteiger partial charge in [0.2, 0.25) is 0 Å². The van der Waals surface area contributed by atoms with Gasteiger partial charge in [0.1, 0.15) is 12.7 Å². The van der Waals surface area contributed by atoms with Crippen molar-refractivity contribution in [3.63, 3.8) is 0 Å². The molecular formula is C10H12N6. The van der Waals surface area contributed by atoms with E-state index in [1.54, 1.807) is 11.0 Å². The molecule has 0 bridgehead atoms.